The van der Waals surface area contributed by atoms with E-state index in [0.717, 1.165) is 17.5 Å². The summed E-state index contributed by atoms with van der Waals surface area (Å²) in [6.45, 7) is 2.76. The maximum absolute atomic E-state index is 11.9. The van der Waals surface area contributed by atoms with Crippen LogP contribution in [0.3, 0.4) is 0 Å². The topological polar surface area (TPSA) is 43.1 Å². The van der Waals surface area contributed by atoms with Crippen LogP contribution >= 0.6 is 0 Å². The van der Waals surface area contributed by atoms with Gasteiger partial charge in [0.05, 0.1) is 0 Å². The molecule has 2 heteroatoms. The van der Waals surface area contributed by atoms with E-state index in [0.29, 0.717) is 13.0 Å². The van der Waals surface area contributed by atoms with Crippen molar-refractivity contribution in [3.8, 4) is 0 Å². The summed E-state index contributed by atoms with van der Waals surface area (Å²) < 4.78 is 0. The van der Waals surface area contributed by atoms with E-state index in [1.807, 2.05) is 24.3 Å². The van der Waals surface area contributed by atoms with Crippen LogP contribution in [0.15, 0.2) is 24.3 Å². The average molecular weight is 261 g/mol. The molecule has 0 saturated heterocycles. The van der Waals surface area contributed by atoms with Gasteiger partial charge in [0.1, 0.15) is 0 Å². The Morgan fingerprint density at radius 1 is 0.947 bits per heavy atom. The molecule has 2 N–H and O–H groups in total. The van der Waals surface area contributed by atoms with E-state index < -0.39 is 0 Å². The summed E-state index contributed by atoms with van der Waals surface area (Å²) in [6, 6.07) is 7.67. The molecule has 0 amide bonds. The van der Waals surface area contributed by atoms with Crippen LogP contribution in [-0.4, -0.2) is 5.78 Å². The first-order chi connectivity index (χ1) is 9.27. The van der Waals surface area contributed by atoms with E-state index in [2.05, 4.69) is 6.92 Å². The first-order valence-corrected chi connectivity index (χ1v) is 7.60. The van der Waals surface area contributed by atoms with Crippen molar-refractivity contribution < 1.29 is 4.79 Å². The number of carbonyl (C=O) groups excluding carboxylic acids is 1. The molecule has 0 fully saturated rings. The quantitative estimate of drug-likeness (QED) is 0.499. The van der Waals surface area contributed by atoms with Crippen molar-refractivity contribution in [3.05, 3.63) is 35.4 Å². The summed E-state index contributed by atoms with van der Waals surface area (Å²) in [7, 11) is 0. The number of hydrogen-bond donors (Lipinski definition) is 1. The van der Waals surface area contributed by atoms with Gasteiger partial charge in [-0.1, -0.05) is 69.7 Å². The first-order valence-electron chi connectivity index (χ1n) is 7.60. The second-order valence-corrected chi connectivity index (χ2v) is 5.20. The summed E-state index contributed by atoms with van der Waals surface area (Å²) in [6.07, 6.45) is 9.41. The minimum absolute atomic E-state index is 0.261. The highest BCUT2D eigenvalue weighted by atomic mass is 16.1. The van der Waals surface area contributed by atoms with Crippen LogP contribution in [0, 0.1) is 0 Å². The minimum atomic E-state index is 0.261. The van der Waals surface area contributed by atoms with Gasteiger partial charge < -0.3 is 5.73 Å². The normalized spacial score (nSPS) is 10.6. The van der Waals surface area contributed by atoms with Gasteiger partial charge in [0.15, 0.2) is 5.78 Å². The molecular weight excluding hydrogens is 234 g/mol. The van der Waals surface area contributed by atoms with Crippen LogP contribution in [0.4, 0.5) is 0 Å². The molecule has 0 aliphatic rings. The van der Waals surface area contributed by atoms with Crippen molar-refractivity contribution in [2.24, 2.45) is 5.73 Å². The number of Topliss-reactive ketones (excluding diaryl/α,β-unsaturated/α-hetero) is 1. The van der Waals surface area contributed by atoms with Crippen LogP contribution in [0.2, 0.25) is 0 Å². The van der Waals surface area contributed by atoms with Gasteiger partial charge in [-0.2, -0.15) is 0 Å². The Hall–Kier alpha value is -1.15. The summed E-state index contributed by atoms with van der Waals surface area (Å²) in [4.78, 5) is 11.9. The van der Waals surface area contributed by atoms with Gasteiger partial charge in [0.2, 0.25) is 0 Å². The van der Waals surface area contributed by atoms with Gasteiger partial charge in [-0.05, 0) is 12.0 Å². The highest BCUT2D eigenvalue weighted by Gasteiger charge is 2.05. The number of benzene rings is 1. The molecule has 0 atom stereocenters. The first kappa shape index (κ1) is 15.9. The van der Waals surface area contributed by atoms with Crippen LogP contribution in [0.1, 0.15) is 74.2 Å². The number of hydrogen-bond acceptors (Lipinski definition) is 2. The van der Waals surface area contributed by atoms with Crippen molar-refractivity contribution in [3.63, 3.8) is 0 Å². The highest BCUT2D eigenvalue weighted by Crippen LogP contribution is 2.12. The fourth-order valence-electron chi connectivity index (χ4n) is 2.21. The smallest absolute Gasteiger partial charge is 0.162 e. The van der Waals surface area contributed by atoms with Crippen molar-refractivity contribution in [2.75, 3.05) is 0 Å². The van der Waals surface area contributed by atoms with Gasteiger partial charge in [0, 0.05) is 18.5 Å². The maximum Gasteiger partial charge on any atom is 0.162 e. The fraction of sp³-hybridized carbons (Fsp3) is 0.588. The van der Waals surface area contributed by atoms with Gasteiger partial charge >= 0.3 is 0 Å². The van der Waals surface area contributed by atoms with Crippen LogP contribution < -0.4 is 5.73 Å². The minimum Gasteiger partial charge on any atom is -0.326 e. The lowest BCUT2D eigenvalue weighted by Crippen LogP contribution is -2.01. The molecule has 0 aliphatic heterocycles. The van der Waals surface area contributed by atoms with Gasteiger partial charge in [-0.3, -0.25) is 4.79 Å². The largest absolute Gasteiger partial charge is 0.326 e. The average Bonchev–Trinajstić information content (AvgIpc) is 2.46. The Morgan fingerprint density at radius 2 is 1.53 bits per heavy atom. The molecule has 1 aromatic carbocycles. The second-order valence-electron chi connectivity index (χ2n) is 5.20. The third-order valence-corrected chi connectivity index (χ3v) is 3.52. The molecular formula is C17H27NO. The monoisotopic (exact) mass is 261 g/mol. The zero-order valence-corrected chi connectivity index (χ0v) is 12.2. The summed E-state index contributed by atoms with van der Waals surface area (Å²) >= 11 is 0. The van der Waals surface area contributed by atoms with Crippen molar-refractivity contribution in [1.29, 1.82) is 0 Å². The molecule has 0 saturated carbocycles. The van der Waals surface area contributed by atoms with Crippen molar-refractivity contribution in [1.82, 2.24) is 0 Å². The number of ketones is 1. The molecule has 0 bridgehead atoms. The molecule has 19 heavy (non-hydrogen) atoms. The molecule has 106 valence electrons. The molecule has 0 unspecified atom stereocenters. The lowest BCUT2D eigenvalue weighted by molar-refractivity contribution is 0.0979. The Morgan fingerprint density at radius 3 is 2.11 bits per heavy atom. The van der Waals surface area contributed by atoms with E-state index in [4.69, 9.17) is 5.73 Å². The third-order valence-electron chi connectivity index (χ3n) is 3.52. The molecule has 0 aromatic heterocycles. The van der Waals surface area contributed by atoms with Crippen LogP contribution in [-0.2, 0) is 6.54 Å². The van der Waals surface area contributed by atoms with E-state index in [9.17, 15) is 4.79 Å². The predicted octanol–water partition coefficient (Wildman–Crippen LogP) is 4.47. The van der Waals surface area contributed by atoms with Crippen molar-refractivity contribution in [2.45, 2.75) is 64.8 Å². The standard InChI is InChI=1S/C17H27NO/c1-2-3-4-5-6-7-8-9-17(19)16-12-10-15(14-18)11-13-16/h10-13H,2-9,14,18H2,1H3. The van der Waals surface area contributed by atoms with E-state index in [1.54, 1.807) is 0 Å². The Labute approximate surface area is 117 Å². The van der Waals surface area contributed by atoms with E-state index in [-0.39, 0.29) is 5.78 Å². The van der Waals surface area contributed by atoms with Crippen LogP contribution in [0.25, 0.3) is 0 Å². The summed E-state index contributed by atoms with van der Waals surface area (Å²) in [5.74, 6) is 0.261. The van der Waals surface area contributed by atoms with Gasteiger partial charge in [0.25, 0.3) is 0 Å². The zero-order valence-electron chi connectivity index (χ0n) is 12.2. The molecule has 2 nitrogen and oxygen atoms in total. The third kappa shape index (κ3) is 6.53. The predicted molar refractivity (Wildman–Crippen MR) is 81.3 cm³/mol. The van der Waals surface area contributed by atoms with Crippen molar-refractivity contribution >= 4 is 5.78 Å². The molecule has 0 spiro atoms. The lowest BCUT2D eigenvalue weighted by atomic mass is 10.0. The fourth-order valence-corrected chi connectivity index (χ4v) is 2.21. The summed E-state index contributed by atoms with van der Waals surface area (Å²) in [5, 5.41) is 0. The molecule has 0 aliphatic carbocycles. The summed E-state index contributed by atoms with van der Waals surface area (Å²) in [5.41, 5.74) is 7.44. The lowest BCUT2D eigenvalue weighted by Gasteiger charge is -2.03. The molecule has 0 radical (unpaired) electrons. The number of unbranched alkanes of at least 4 members (excludes halogenated alkanes) is 6. The van der Waals surface area contributed by atoms with E-state index >= 15 is 0 Å². The number of carbonyl (C=O) groups is 1. The van der Waals surface area contributed by atoms with Gasteiger partial charge in [-0.25, -0.2) is 0 Å². The SMILES string of the molecule is CCCCCCCCCC(=O)c1ccc(CN)cc1. The maximum atomic E-state index is 11.9. The Kier molecular flexibility index (Phi) is 8.15. The van der Waals surface area contributed by atoms with Gasteiger partial charge in [-0.15, -0.1) is 0 Å². The zero-order chi connectivity index (χ0) is 13.9. The molecule has 1 rings (SSSR count). The molecule has 1 aromatic rings. The van der Waals surface area contributed by atoms with Crippen LogP contribution in [0.5, 0.6) is 0 Å². The Bertz CT molecular complexity index is 356. The number of nitrogens with two attached hydrogens (primary N) is 1. The highest BCUT2D eigenvalue weighted by molar-refractivity contribution is 5.96. The second kappa shape index (κ2) is 9.74. The number of rotatable bonds is 10. The Balaban J connectivity index is 2.16. The van der Waals surface area contributed by atoms with E-state index in [1.165, 1.54) is 38.5 Å². The molecule has 0 heterocycles.